The molecule has 3 rings (SSSR count). The van der Waals surface area contributed by atoms with Crippen molar-refractivity contribution in [3.63, 3.8) is 0 Å². The molecule has 1 aliphatic rings. The molecular weight excluding hydrogens is 376 g/mol. The summed E-state index contributed by atoms with van der Waals surface area (Å²) in [7, 11) is 0.954. The van der Waals surface area contributed by atoms with E-state index in [4.69, 9.17) is 0 Å². The van der Waals surface area contributed by atoms with Crippen LogP contribution in [0.4, 0.5) is 0 Å². The third kappa shape index (κ3) is 5.42. The van der Waals surface area contributed by atoms with Crippen LogP contribution >= 0.6 is 0 Å². The highest BCUT2D eigenvalue weighted by molar-refractivity contribution is 7.91. The average Bonchev–Trinajstić information content (AvgIpc) is 3.29. The van der Waals surface area contributed by atoms with Crippen LogP contribution in [0, 0.1) is 0 Å². The number of carbonyl (C=O) groups excluding carboxylic acids is 1. The Kier molecular flexibility index (Phi) is 6.51. The van der Waals surface area contributed by atoms with Crippen LogP contribution < -0.4 is 0 Å². The highest BCUT2D eigenvalue weighted by atomic mass is 32.2. The molecule has 7 nitrogen and oxygen atoms in total. The molecule has 1 aliphatic heterocycles. The van der Waals surface area contributed by atoms with E-state index in [1.807, 2.05) is 50.6 Å². The second-order valence-electron chi connectivity index (χ2n) is 7.59. The number of hydrogen-bond donors (Lipinski definition) is 0. The first kappa shape index (κ1) is 20.5. The van der Waals surface area contributed by atoms with Crippen LogP contribution in [0.1, 0.15) is 18.4 Å². The van der Waals surface area contributed by atoms with Crippen LogP contribution in [0.5, 0.6) is 0 Å². The summed E-state index contributed by atoms with van der Waals surface area (Å²) < 4.78 is 25.6. The van der Waals surface area contributed by atoms with Gasteiger partial charge in [-0.15, -0.1) is 0 Å². The zero-order valence-electron chi connectivity index (χ0n) is 16.5. The van der Waals surface area contributed by atoms with Crippen LogP contribution in [0.15, 0.2) is 42.7 Å². The minimum absolute atomic E-state index is 0.00676. The van der Waals surface area contributed by atoms with E-state index in [1.54, 1.807) is 15.8 Å². The molecule has 0 radical (unpaired) electrons. The molecule has 1 fully saturated rings. The summed E-state index contributed by atoms with van der Waals surface area (Å²) in [5, 5.41) is 4.20. The number of rotatable bonds is 8. The summed E-state index contributed by atoms with van der Waals surface area (Å²) in [5.41, 5.74) is 1.85. The van der Waals surface area contributed by atoms with Crippen LogP contribution in [0.3, 0.4) is 0 Å². The van der Waals surface area contributed by atoms with E-state index in [0.717, 1.165) is 24.2 Å². The van der Waals surface area contributed by atoms with Crippen LogP contribution in [-0.2, 0) is 21.1 Å². The Hall–Kier alpha value is -2.19. The van der Waals surface area contributed by atoms with Crippen LogP contribution in [-0.4, -0.2) is 78.6 Å². The molecule has 1 atom stereocenters. The van der Waals surface area contributed by atoms with Crippen molar-refractivity contribution in [1.29, 1.82) is 0 Å². The Morgan fingerprint density at radius 3 is 2.54 bits per heavy atom. The summed E-state index contributed by atoms with van der Waals surface area (Å²) in [4.78, 5) is 16.9. The molecule has 1 aromatic carbocycles. The minimum atomic E-state index is -3.03. The summed E-state index contributed by atoms with van der Waals surface area (Å²) in [6.07, 6.45) is 5.23. The second-order valence-corrected chi connectivity index (χ2v) is 9.82. The largest absolute Gasteiger partial charge is 0.338 e. The van der Waals surface area contributed by atoms with E-state index in [0.29, 0.717) is 13.0 Å². The Balaban J connectivity index is 1.67. The highest BCUT2D eigenvalue weighted by Crippen LogP contribution is 2.20. The number of aromatic nitrogens is 2. The number of hydrogen-bond acceptors (Lipinski definition) is 5. The van der Waals surface area contributed by atoms with Crippen molar-refractivity contribution in [2.24, 2.45) is 0 Å². The fraction of sp³-hybridized carbons (Fsp3) is 0.500. The molecule has 1 saturated heterocycles. The van der Waals surface area contributed by atoms with Crippen molar-refractivity contribution >= 4 is 15.7 Å². The molecule has 8 heteroatoms. The number of carbonyl (C=O) groups is 1. The summed E-state index contributed by atoms with van der Waals surface area (Å²) in [5.74, 6) is 0.250. The fourth-order valence-corrected chi connectivity index (χ4v) is 5.28. The zero-order chi connectivity index (χ0) is 20.1. The molecule has 0 spiro atoms. The van der Waals surface area contributed by atoms with E-state index in [2.05, 4.69) is 10.00 Å². The SMILES string of the molecule is CN(C)CCCN(C(=O)Cc1ccc(-n2cccn2)cc1)C1CCS(=O)(=O)C1. The first-order chi connectivity index (χ1) is 13.3. The maximum absolute atomic E-state index is 13.0. The summed E-state index contributed by atoms with van der Waals surface area (Å²) in [6, 6.07) is 9.39. The van der Waals surface area contributed by atoms with E-state index >= 15 is 0 Å². The van der Waals surface area contributed by atoms with Gasteiger partial charge < -0.3 is 9.80 Å². The molecule has 1 amide bonds. The van der Waals surface area contributed by atoms with Crippen molar-refractivity contribution in [3.8, 4) is 5.69 Å². The molecular formula is C20H28N4O3S. The summed E-state index contributed by atoms with van der Waals surface area (Å²) in [6.45, 7) is 1.45. The van der Waals surface area contributed by atoms with E-state index in [9.17, 15) is 13.2 Å². The molecule has 2 heterocycles. The molecule has 1 aromatic heterocycles. The van der Waals surface area contributed by atoms with Crippen molar-refractivity contribution in [2.75, 3.05) is 38.7 Å². The molecule has 0 bridgehead atoms. The maximum atomic E-state index is 13.0. The highest BCUT2D eigenvalue weighted by Gasteiger charge is 2.34. The van der Waals surface area contributed by atoms with Crippen molar-refractivity contribution in [2.45, 2.75) is 25.3 Å². The summed E-state index contributed by atoms with van der Waals surface area (Å²) >= 11 is 0. The quantitative estimate of drug-likeness (QED) is 0.665. The Bertz CT molecular complexity index is 877. The van der Waals surface area contributed by atoms with E-state index in [1.165, 1.54) is 0 Å². The topological polar surface area (TPSA) is 75.5 Å². The Morgan fingerprint density at radius 1 is 1.21 bits per heavy atom. The fourth-order valence-electron chi connectivity index (χ4n) is 3.55. The number of benzene rings is 1. The molecule has 0 saturated carbocycles. The minimum Gasteiger partial charge on any atom is -0.338 e. The third-order valence-corrected chi connectivity index (χ3v) is 6.78. The predicted molar refractivity (Wildman–Crippen MR) is 109 cm³/mol. The molecule has 2 aromatic rings. The zero-order valence-corrected chi connectivity index (χ0v) is 17.3. The van der Waals surface area contributed by atoms with E-state index < -0.39 is 9.84 Å². The van der Waals surface area contributed by atoms with Crippen LogP contribution in [0.25, 0.3) is 5.69 Å². The molecule has 1 unspecified atom stereocenters. The van der Waals surface area contributed by atoms with Gasteiger partial charge in [0.1, 0.15) is 0 Å². The molecule has 28 heavy (non-hydrogen) atoms. The van der Waals surface area contributed by atoms with Gasteiger partial charge in [-0.2, -0.15) is 5.10 Å². The number of amides is 1. The monoisotopic (exact) mass is 404 g/mol. The Morgan fingerprint density at radius 2 is 1.96 bits per heavy atom. The maximum Gasteiger partial charge on any atom is 0.227 e. The Labute approximate surface area is 166 Å². The standard InChI is InChI=1S/C20H28N4O3S/c1-22(2)11-4-12-23(19-9-14-28(26,27)16-19)20(25)15-17-5-7-18(8-6-17)24-13-3-10-21-24/h3,5-8,10,13,19H,4,9,11-12,14-16H2,1-2H3. The normalized spacial score (nSPS) is 18.5. The number of nitrogens with zero attached hydrogens (tertiary/aromatic N) is 4. The second kappa shape index (κ2) is 8.87. The lowest BCUT2D eigenvalue weighted by molar-refractivity contribution is -0.132. The van der Waals surface area contributed by atoms with Crippen molar-refractivity contribution in [3.05, 3.63) is 48.3 Å². The van der Waals surface area contributed by atoms with Crippen LogP contribution in [0.2, 0.25) is 0 Å². The van der Waals surface area contributed by atoms with Gasteiger partial charge in [-0.3, -0.25) is 4.79 Å². The number of sulfone groups is 1. The molecule has 0 aliphatic carbocycles. The van der Waals surface area contributed by atoms with Gasteiger partial charge in [0.15, 0.2) is 9.84 Å². The van der Waals surface area contributed by atoms with Gasteiger partial charge in [0.05, 0.1) is 23.6 Å². The van der Waals surface area contributed by atoms with Gasteiger partial charge in [-0.25, -0.2) is 13.1 Å². The van der Waals surface area contributed by atoms with Gasteiger partial charge >= 0.3 is 0 Å². The first-order valence-corrected chi connectivity index (χ1v) is 11.4. The van der Waals surface area contributed by atoms with Gasteiger partial charge in [-0.05, 0) is 57.2 Å². The van der Waals surface area contributed by atoms with Crippen molar-refractivity contribution < 1.29 is 13.2 Å². The molecule has 0 N–H and O–H groups in total. The first-order valence-electron chi connectivity index (χ1n) is 9.58. The van der Waals surface area contributed by atoms with Gasteiger partial charge in [0.25, 0.3) is 0 Å². The van der Waals surface area contributed by atoms with Gasteiger partial charge in [0.2, 0.25) is 5.91 Å². The lowest BCUT2D eigenvalue weighted by Gasteiger charge is -2.29. The molecule has 152 valence electrons. The van der Waals surface area contributed by atoms with Gasteiger partial charge in [0, 0.05) is 25.0 Å². The lowest BCUT2D eigenvalue weighted by atomic mass is 10.1. The lowest BCUT2D eigenvalue weighted by Crippen LogP contribution is -2.43. The third-order valence-electron chi connectivity index (χ3n) is 5.03. The van der Waals surface area contributed by atoms with E-state index in [-0.39, 0.29) is 29.9 Å². The average molecular weight is 405 g/mol. The predicted octanol–water partition coefficient (Wildman–Crippen LogP) is 1.38. The smallest absolute Gasteiger partial charge is 0.227 e. The van der Waals surface area contributed by atoms with Gasteiger partial charge in [-0.1, -0.05) is 12.1 Å². The van der Waals surface area contributed by atoms with Crippen molar-refractivity contribution in [1.82, 2.24) is 19.6 Å².